The molecule has 0 aliphatic carbocycles. The van der Waals surface area contributed by atoms with E-state index in [0.29, 0.717) is 70.1 Å². The number of rotatable bonds is 21. The molecule has 0 heterocycles. The van der Waals surface area contributed by atoms with E-state index >= 15 is 0 Å². The normalized spacial score (nSPS) is 11.6. The van der Waals surface area contributed by atoms with Crippen molar-refractivity contribution >= 4 is 11.8 Å². The zero-order valence-corrected chi connectivity index (χ0v) is 20.2. The van der Waals surface area contributed by atoms with Crippen LogP contribution in [-0.4, -0.2) is 77.1 Å². The summed E-state index contributed by atoms with van der Waals surface area (Å²) in [7, 11) is 0. The minimum Gasteiger partial charge on any atom is -0.379 e. The lowest BCUT2D eigenvalue weighted by Crippen LogP contribution is -2.30. The van der Waals surface area contributed by atoms with Crippen LogP contribution >= 0.6 is 0 Å². The van der Waals surface area contributed by atoms with E-state index in [1.54, 1.807) is 13.8 Å². The maximum absolute atomic E-state index is 11.5. The second kappa shape index (κ2) is 19.7. The highest BCUT2D eigenvalue weighted by Crippen LogP contribution is 1.99. The van der Waals surface area contributed by atoms with Crippen LogP contribution in [0.2, 0.25) is 0 Å². The molecule has 0 fully saturated rings. The van der Waals surface area contributed by atoms with Crippen molar-refractivity contribution in [3.05, 3.63) is 36.5 Å². The Kier molecular flexibility index (Phi) is 18.4. The first-order valence-corrected chi connectivity index (χ1v) is 11.2. The molecule has 0 radical (unpaired) electrons. The second-order valence-corrected chi connectivity index (χ2v) is 7.91. The van der Waals surface area contributed by atoms with Crippen molar-refractivity contribution in [2.75, 3.05) is 59.2 Å². The first-order valence-electron chi connectivity index (χ1n) is 11.2. The molecule has 0 aromatic heterocycles. The Morgan fingerprint density at radius 2 is 1.22 bits per heavy atom. The lowest BCUT2D eigenvalue weighted by Gasteiger charge is -2.19. The molecule has 3 N–H and O–H groups in total. The van der Waals surface area contributed by atoms with Crippen LogP contribution in [0.3, 0.4) is 0 Å². The van der Waals surface area contributed by atoms with Gasteiger partial charge in [-0.15, -0.1) is 0 Å². The van der Waals surface area contributed by atoms with Gasteiger partial charge >= 0.3 is 0 Å². The van der Waals surface area contributed by atoms with E-state index in [0.717, 1.165) is 25.1 Å². The van der Waals surface area contributed by atoms with Crippen LogP contribution in [0.15, 0.2) is 36.5 Å². The summed E-state index contributed by atoms with van der Waals surface area (Å²) in [5, 5.41) is 8.85. The number of hydrogen-bond acceptors (Lipinski definition) is 6. The zero-order chi connectivity index (χ0) is 24.2. The van der Waals surface area contributed by atoms with Gasteiger partial charge in [0.15, 0.2) is 0 Å². The fraction of sp³-hybridized carbons (Fsp3) is 0.667. The molecule has 1 atom stereocenters. The third-order valence-corrected chi connectivity index (χ3v) is 4.16. The lowest BCUT2D eigenvalue weighted by atomic mass is 10.3. The van der Waals surface area contributed by atoms with Crippen LogP contribution in [0, 0.1) is 0 Å². The van der Waals surface area contributed by atoms with Gasteiger partial charge in [-0.1, -0.05) is 25.3 Å². The summed E-state index contributed by atoms with van der Waals surface area (Å²) in [4.78, 5) is 23.0. The van der Waals surface area contributed by atoms with Gasteiger partial charge in [-0.05, 0) is 46.6 Å². The molecule has 0 aromatic rings. The molecule has 0 saturated carbocycles. The van der Waals surface area contributed by atoms with E-state index in [9.17, 15) is 9.59 Å². The van der Waals surface area contributed by atoms with Crippen molar-refractivity contribution in [1.29, 1.82) is 0 Å². The molecule has 184 valence electrons. The van der Waals surface area contributed by atoms with Gasteiger partial charge < -0.3 is 30.2 Å². The average molecular weight is 454 g/mol. The topological polar surface area (TPSA) is 97.9 Å². The van der Waals surface area contributed by atoms with Crippen molar-refractivity contribution < 1.29 is 23.8 Å². The number of carbonyl (C=O) groups is 2. The van der Waals surface area contributed by atoms with Crippen LogP contribution in [0.25, 0.3) is 0 Å². The Labute approximate surface area is 193 Å². The van der Waals surface area contributed by atoms with Gasteiger partial charge in [-0.25, -0.2) is 0 Å². The predicted molar refractivity (Wildman–Crippen MR) is 129 cm³/mol. The Balaban J connectivity index is 4.10. The fourth-order valence-corrected chi connectivity index (χ4v) is 2.38. The summed E-state index contributed by atoms with van der Waals surface area (Å²) in [5.74, 6) is -0.289. The van der Waals surface area contributed by atoms with E-state index < -0.39 is 0 Å². The van der Waals surface area contributed by atoms with Gasteiger partial charge in [0.05, 0.1) is 13.2 Å². The minimum atomic E-state index is -0.194. The molecule has 0 rings (SSSR count). The zero-order valence-electron chi connectivity index (χ0n) is 20.2. The van der Waals surface area contributed by atoms with E-state index in [-0.39, 0.29) is 17.9 Å². The van der Waals surface area contributed by atoms with Gasteiger partial charge in [0, 0.05) is 50.6 Å². The summed E-state index contributed by atoms with van der Waals surface area (Å²) in [6, 6.07) is 0. The van der Waals surface area contributed by atoms with Gasteiger partial charge in [0.1, 0.15) is 6.10 Å². The highest BCUT2D eigenvalue weighted by Gasteiger charge is 2.11. The van der Waals surface area contributed by atoms with E-state index in [1.165, 1.54) is 0 Å². The summed E-state index contributed by atoms with van der Waals surface area (Å²) in [6.45, 7) is 21.6. The molecule has 0 bridgehead atoms. The standard InChI is InChI=1S/C24H43N3O5/c1-19(2)16-25-10-7-13-30-17-22(32-15-9-12-27-24(29)21(5)6)18-31-14-8-11-26-23(28)20(3)4/h22,25H,1,3,5,7-18H2,2,4,6H3,(H,26,28)(H,27,29). The molecule has 2 amide bonds. The Hall–Kier alpha value is -2.00. The van der Waals surface area contributed by atoms with Crippen molar-refractivity contribution in [2.45, 2.75) is 46.1 Å². The van der Waals surface area contributed by atoms with Crippen LogP contribution in [0.4, 0.5) is 0 Å². The Bertz CT molecular complexity index is 592. The summed E-state index contributed by atoms with van der Waals surface area (Å²) < 4.78 is 17.3. The number of amides is 2. The highest BCUT2D eigenvalue weighted by atomic mass is 16.6. The van der Waals surface area contributed by atoms with Crippen LogP contribution in [0.5, 0.6) is 0 Å². The molecular weight excluding hydrogens is 410 g/mol. The van der Waals surface area contributed by atoms with Gasteiger partial charge in [0.2, 0.25) is 11.8 Å². The van der Waals surface area contributed by atoms with Gasteiger partial charge in [-0.2, -0.15) is 0 Å². The third-order valence-electron chi connectivity index (χ3n) is 4.16. The minimum absolute atomic E-state index is 0.143. The summed E-state index contributed by atoms with van der Waals surface area (Å²) >= 11 is 0. The molecule has 0 spiro atoms. The molecule has 1 unspecified atom stereocenters. The van der Waals surface area contributed by atoms with E-state index in [2.05, 4.69) is 35.7 Å². The number of ether oxygens (including phenoxy) is 3. The van der Waals surface area contributed by atoms with Crippen molar-refractivity contribution in [1.82, 2.24) is 16.0 Å². The first-order chi connectivity index (χ1) is 15.2. The predicted octanol–water partition coefficient (Wildman–Crippen LogP) is 2.13. The lowest BCUT2D eigenvalue weighted by molar-refractivity contribution is -0.118. The molecule has 0 saturated heterocycles. The fourth-order valence-electron chi connectivity index (χ4n) is 2.38. The first kappa shape index (κ1) is 30.0. The van der Waals surface area contributed by atoms with E-state index in [4.69, 9.17) is 14.2 Å². The molecule has 0 aromatic carbocycles. The van der Waals surface area contributed by atoms with Crippen LogP contribution < -0.4 is 16.0 Å². The monoisotopic (exact) mass is 453 g/mol. The Morgan fingerprint density at radius 3 is 1.69 bits per heavy atom. The SMILES string of the molecule is C=C(C)CNCCCOCC(COCCCNC(=O)C(=C)C)OCCCNC(=O)C(=C)C. The smallest absolute Gasteiger partial charge is 0.246 e. The maximum atomic E-state index is 11.5. The van der Waals surface area contributed by atoms with Crippen LogP contribution in [0.1, 0.15) is 40.0 Å². The quantitative estimate of drug-likeness (QED) is 0.140. The highest BCUT2D eigenvalue weighted by molar-refractivity contribution is 5.92. The number of carbonyl (C=O) groups excluding carboxylic acids is 2. The van der Waals surface area contributed by atoms with E-state index in [1.807, 2.05) is 6.92 Å². The Morgan fingerprint density at radius 1 is 0.750 bits per heavy atom. The number of hydrogen-bond donors (Lipinski definition) is 3. The number of nitrogens with one attached hydrogen (secondary N) is 3. The van der Waals surface area contributed by atoms with Gasteiger partial charge in [-0.3, -0.25) is 9.59 Å². The van der Waals surface area contributed by atoms with Gasteiger partial charge in [0.25, 0.3) is 0 Å². The summed E-state index contributed by atoms with van der Waals surface area (Å²) in [5.41, 5.74) is 2.09. The molecular formula is C24H43N3O5. The second-order valence-electron chi connectivity index (χ2n) is 7.91. The maximum Gasteiger partial charge on any atom is 0.246 e. The third kappa shape index (κ3) is 18.7. The van der Waals surface area contributed by atoms with Crippen molar-refractivity contribution in [2.24, 2.45) is 0 Å². The molecule has 32 heavy (non-hydrogen) atoms. The summed E-state index contributed by atoms with van der Waals surface area (Å²) in [6.07, 6.45) is 2.09. The molecule has 0 aliphatic heterocycles. The van der Waals surface area contributed by atoms with Crippen molar-refractivity contribution in [3.8, 4) is 0 Å². The van der Waals surface area contributed by atoms with Crippen molar-refractivity contribution in [3.63, 3.8) is 0 Å². The molecule has 8 nitrogen and oxygen atoms in total. The molecule has 0 aliphatic rings. The van der Waals surface area contributed by atoms with Crippen LogP contribution in [-0.2, 0) is 23.8 Å². The largest absolute Gasteiger partial charge is 0.379 e. The molecule has 8 heteroatoms. The average Bonchev–Trinajstić information content (AvgIpc) is 2.73.